The Morgan fingerprint density at radius 3 is 2.69 bits per heavy atom. The molecule has 7 nitrogen and oxygen atoms in total. The molecule has 1 saturated heterocycles. The molecule has 1 saturated carbocycles. The number of piperazine rings is 1. The van der Waals surface area contributed by atoms with Gasteiger partial charge in [0.2, 0.25) is 5.88 Å². The van der Waals surface area contributed by atoms with Gasteiger partial charge in [-0.1, -0.05) is 5.16 Å². The summed E-state index contributed by atoms with van der Waals surface area (Å²) in [5.74, 6) is 1.70. The topological polar surface area (TPSA) is 67.5 Å². The number of aryl methyl sites for hydroxylation is 1. The molecule has 7 heteroatoms. The van der Waals surface area contributed by atoms with Gasteiger partial charge in [0.15, 0.2) is 0 Å². The highest BCUT2D eigenvalue weighted by Gasteiger charge is 2.22. The van der Waals surface area contributed by atoms with Gasteiger partial charge in [-0.15, -0.1) is 0 Å². The maximum Gasteiger partial charge on any atom is 0.224 e. The Bertz CT molecular complexity index is 976. The smallest absolute Gasteiger partial charge is 0.224 e. The van der Waals surface area contributed by atoms with Gasteiger partial charge in [0.25, 0.3) is 0 Å². The fourth-order valence-corrected chi connectivity index (χ4v) is 3.99. The first-order valence-corrected chi connectivity index (χ1v) is 10.6. The molecule has 0 N–H and O–H groups in total. The summed E-state index contributed by atoms with van der Waals surface area (Å²) < 4.78 is 11.4. The summed E-state index contributed by atoms with van der Waals surface area (Å²) in [6.45, 7) is 7.07. The van der Waals surface area contributed by atoms with Crippen LogP contribution in [0.1, 0.15) is 30.7 Å². The van der Waals surface area contributed by atoms with E-state index in [0.29, 0.717) is 6.10 Å². The molecule has 0 bridgehead atoms. The van der Waals surface area contributed by atoms with Crippen molar-refractivity contribution < 1.29 is 9.26 Å². The van der Waals surface area contributed by atoms with Gasteiger partial charge >= 0.3 is 0 Å². The fourth-order valence-electron chi connectivity index (χ4n) is 3.99. The number of hydrogen-bond acceptors (Lipinski definition) is 7. The number of nitrogens with zero attached hydrogens (tertiary/aromatic N) is 5. The van der Waals surface area contributed by atoms with E-state index < -0.39 is 0 Å². The molecule has 0 atom stereocenters. The molecule has 3 aromatic rings. The first kappa shape index (κ1) is 18.4. The van der Waals surface area contributed by atoms with Crippen LogP contribution in [0.15, 0.2) is 35.1 Å². The van der Waals surface area contributed by atoms with E-state index in [9.17, 15) is 0 Å². The highest BCUT2D eigenvalue weighted by atomic mass is 16.5. The summed E-state index contributed by atoms with van der Waals surface area (Å²) in [5.41, 5.74) is 3.11. The zero-order valence-corrected chi connectivity index (χ0v) is 16.9. The Morgan fingerprint density at radius 2 is 1.97 bits per heavy atom. The van der Waals surface area contributed by atoms with Gasteiger partial charge < -0.3 is 14.2 Å². The Hall–Kier alpha value is -2.67. The molecule has 2 aromatic heterocycles. The van der Waals surface area contributed by atoms with E-state index in [4.69, 9.17) is 9.26 Å². The molecular formula is C22H27N5O2. The van der Waals surface area contributed by atoms with E-state index in [-0.39, 0.29) is 0 Å². The Labute approximate surface area is 170 Å². The number of aromatic nitrogens is 3. The second-order valence-electron chi connectivity index (χ2n) is 8.06. The van der Waals surface area contributed by atoms with Gasteiger partial charge in [0, 0.05) is 50.9 Å². The number of anilines is 1. The van der Waals surface area contributed by atoms with Crippen LogP contribution in [0.5, 0.6) is 5.88 Å². The molecular weight excluding hydrogens is 366 g/mol. The van der Waals surface area contributed by atoms with Gasteiger partial charge in [0.05, 0.1) is 16.6 Å². The molecule has 152 valence electrons. The molecule has 1 aliphatic carbocycles. The lowest BCUT2D eigenvalue weighted by atomic mass is 9.96. The number of ether oxygens (including phenoxy) is 1. The summed E-state index contributed by atoms with van der Waals surface area (Å²) in [5, 5.41) is 4.98. The van der Waals surface area contributed by atoms with Crippen LogP contribution in [0.3, 0.4) is 0 Å². The largest absolute Gasteiger partial charge is 0.474 e. The normalized spacial score (nSPS) is 18.2. The average molecular weight is 393 g/mol. The summed E-state index contributed by atoms with van der Waals surface area (Å²) in [6.07, 6.45) is 6.33. The molecule has 0 spiro atoms. The van der Waals surface area contributed by atoms with Crippen LogP contribution in [-0.2, 0) is 6.42 Å². The van der Waals surface area contributed by atoms with Crippen molar-refractivity contribution in [1.29, 1.82) is 0 Å². The monoisotopic (exact) mass is 393 g/mol. The number of rotatable bonds is 6. The lowest BCUT2D eigenvalue weighted by Crippen LogP contribution is -2.47. The molecule has 2 aliphatic rings. The lowest BCUT2D eigenvalue weighted by Gasteiger charge is -2.36. The Balaban J connectivity index is 1.23. The maximum atomic E-state index is 6.11. The Morgan fingerprint density at radius 1 is 1.10 bits per heavy atom. The van der Waals surface area contributed by atoms with Crippen molar-refractivity contribution in [1.82, 2.24) is 20.0 Å². The van der Waals surface area contributed by atoms with E-state index in [2.05, 4.69) is 43.1 Å². The third-order valence-corrected chi connectivity index (χ3v) is 6.00. The highest BCUT2D eigenvalue weighted by Crippen LogP contribution is 2.31. The third kappa shape index (κ3) is 4.05. The van der Waals surface area contributed by atoms with E-state index in [0.717, 1.165) is 80.2 Å². The average Bonchev–Trinajstić information content (AvgIpc) is 3.14. The SMILES string of the molecule is Cc1cc(CCN2CCN(c3ccc4ncnc(OC5CCC5)c4c3)CC2)on1. The first-order chi connectivity index (χ1) is 14.2. The number of benzene rings is 1. The lowest BCUT2D eigenvalue weighted by molar-refractivity contribution is 0.116. The quantitative estimate of drug-likeness (QED) is 0.637. The van der Waals surface area contributed by atoms with Crippen LogP contribution >= 0.6 is 0 Å². The number of fused-ring (bicyclic) bond motifs is 1. The second kappa shape index (κ2) is 7.99. The van der Waals surface area contributed by atoms with Crippen molar-refractivity contribution in [2.75, 3.05) is 37.6 Å². The van der Waals surface area contributed by atoms with Crippen LogP contribution < -0.4 is 9.64 Å². The Kier molecular flexibility index (Phi) is 5.06. The summed E-state index contributed by atoms with van der Waals surface area (Å²) in [6, 6.07) is 8.46. The van der Waals surface area contributed by atoms with Crippen LogP contribution in [0, 0.1) is 6.92 Å². The van der Waals surface area contributed by atoms with Crippen LogP contribution in [0.2, 0.25) is 0 Å². The van der Waals surface area contributed by atoms with Gasteiger partial charge in [0.1, 0.15) is 18.2 Å². The fraction of sp³-hybridized carbons (Fsp3) is 0.500. The van der Waals surface area contributed by atoms with Crippen molar-refractivity contribution in [3.05, 3.63) is 42.0 Å². The van der Waals surface area contributed by atoms with Crippen LogP contribution in [0.25, 0.3) is 10.9 Å². The zero-order valence-electron chi connectivity index (χ0n) is 16.9. The van der Waals surface area contributed by atoms with Crippen LogP contribution in [0.4, 0.5) is 5.69 Å². The minimum absolute atomic E-state index is 0.313. The summed E-state index contributed by atoms with van der Waals surface area (Å²) >= 11 is 0. The minimum Gasteiger partial charge on any atom is -0.474 e. The molecule has 3 heterocycles. The van der Waals surface area contributed by atoms with Gasteiger partial charge in [-0.3, -0.25) is 4.90 Å². The molecule has 29 heavy (non-hydrogen) atoms. The number of hydrogen-bond donors (Lipinski definition) is 0. The summed E-state index contributed by atoms with van der Waals surface area (Å²) in [7, 11) is 0. The zero-order chi connectivity index (χ0) is 19.6. The van der Waals surface area contributed by atoms with Crippen molar-refractivity contribution in [3.63, 3.8) is 0 Å². The highest BCUT2D eigenvalue weighted by molar-refractivity contribution is 5.86. The van der Waals surface area contributed by atoms with E-state index >= 15 is 0 Å². The molecule has 0 unspecified atom stereocenters. The van der Waals surface area contributed by atoms with Gasteiger partial charge in [-0.05, 0) is 44.4 Å². The van der Waals surface area contributed by atoms with Crippen LogP contribution in [-0.4, -0.2) is 58.9 Å². The summed E-state index contributed by atoms with van der Waals surface area (Å²) in [4.78, 5) is 13.8. The minimum atomic E-state index is 0.313. The van der Waals surface area contributed by atoms with Gasteiger partial charge in [-0.2, -0.15) is 0 Å². The second-order valence-corrected chi connectivity index (χ2v) is 8.06. The van der Waals surface area contributed by atoms with Crippen molar-refractivity contribution in [2.24, 2.45) is 0 Å². The predicted octanol–water partition coefficient (Wildman–Crippen LogP) is 3.22. The molecule has 0 amide bonds. The molecule has 1 aliphatic heterocycles. The molecule has 0 radical (unpaired) electrons. The first-order valence-electron chi connectivity index (χ1n) is 10.6. The maximum absolute atomic E-state index is 6.11. The van der Waals surface area contributed by atoms with E-state index in [1.54, 1.807) is 6.33 Å². The predicted molar refractivity (Wildman–Crippen MR) is 111 cm³/mol. The molecule has 5 rings (SSSR count). The molecule has 1 aromatic carbocycles. The standard InChI is InChI=1S/C22H27N5O2/c1-16-13-19(29-25-16)7-8-26-9-11-27(12-10-26)17-5-6-21-20(14-17)22(24-15-23-21)28-18-3-2-4-18/h5-6,13-15,18H,2-4,7-12H2,1H3. The third-order valence-electron chi connectivity index (χ3n) is 6.00. The van der Waals surface area contributed by atoms with Crippen molar-refractivity contribution in [3.8, 4) is 5.88 Å². The van der Waals surface area contributed by atoms with Gasteiger partial charge in [-0.25, -0.2) is 9.97 Å². The van der Waals surface area contributed by atoms with Crippen molar-refractivity contribution >= 4 is 16.6 Å². The van der Waals surface area contributed by atoms with Crippen molar-refractivity contribution in [2.45, 2.75) is 38.7 Å². The van der Waals surface area contributed by atoms with E-state index in [1.165, 1.54) is 12.1 Å². The molecule has 2 fully saturated rings. The van der Waals surface area contributed by atoms with E-state index in [1.807, 2.05) is 13.0 Å².